The van der Waals surface area contributed by atoms with Crippen molar-refractivity contribution >= 4 is 0 Å². The Morgan fingerprint density at radius 1 is 0.895 bits per heavy atom. The first-order valence-electron chi connectivity index (χ1n) is 6.68. The molecule has 0 saturated carbocycles. The topological polar surface area (TPSA) is 38.0 Å². The lowest BCUT2D eigenvalue weighted by Crippen LogP contribution is -2.29. The minimum Gasteiger partial charge on any atom is -0.271 e. The summed E-state index contributed by atoms with van der Waals surface area (Å²) in [4.78, 5) is 0. The number of hydrogen-bond donors (Lipinski definition) is 2. The second-order valence-electron chi connectivity index (χ2n) is 5.33. The van der Waals surface area contributed by atoms with Crippen LogP contribution in [0.25, 0.3) is 0 Å². The molecule has 0 amide bonds. The van der Waals surface area contributed by atoms with Gasteiger partial charge in [0.25, 0.3) is 0 Å². The van der Waals surface area contributed by atoms with Gasteiger partial charge in [-0.25, -0.2) is 0 Å². The lowest BCUT2D eigenvalue weighted by Gasteiger charge is -2.18. The molecule has 0 fully saturated rings. The van der Waals surface area contributed by atoms with Crippen molar-refractivity contribution in [2.24, 2.45) is 5.84 Å². The monoisotopic (exact) mass is 254 g/mol. The van der Waals surface area contributed by atoms with Gasteiger partial charge in [0.2, 0.25) is 0 Å². The Hall–Kier alpha value is -1.64. The quantitative estimate of drug-likeness (QED) is 0.648. The average molecular weight is 254 g/mol. The predicted octanol–water partition coefficient (Wildman–Crippen LogP) is 3.36. The molecule has 1 unspecified atom stereocenters. The van der Waals surface area contributed by atoms with E-state index in [2.05, 4.69) is 68.7 Å². The molecule has 2 heteroatoms. The van der Waals surface area contributed by atoms with Crippen LogP contribution in [0.4, 0.5) is 0 Å². The van der Waals surface area contributed by atoms with Crippen LogP contribution in [-0.2, 0) is 6.42 Å². The third kappa shape index (κ3) is 3.66. The molecule has 0 aliphatic carbocycles. The fourth-order valence-electron chi connectivity index (χ4n) is 2.44. The minimum atomic E-state index is 0.154. The van der Waals surface area contributed by atoms with Gasteiger partial charge in [0, 0.05) is 6.04 Å². The summed E-state index contributed by atoms with van der Waals surface area (Å²) in [6, 6.07) is 15.4. The van der Waals surface area contributed by atoms with Crippen LogP contribution in [-0.4, -0.2) is 0 Å². The van der Waals surface area contributed by atoms with Crippen molar-refractivity contribution < 1.29 is 0 Å². The maximum Gasteiger partial charge on any atom is 0.0500 e. The van der Waals surface area contributed by atoms with Gasteiger partial charge in [-0.1, -0.05) is 59.2 Å². The van der Waals surface area contributed by atoms with E-state index in [1.54, 1.807) is 0 Å². The molecule has 0 saturated heterocycles. The molecule has 2 aromatic carbocycles. The predicted molar refractivity (Wildman–Crippen MR) is 80.9 cm³/mol. The van der Waals surface area contributed by atoms with Gasteiger partial charge in [0.1, 0.15) is 0 Å². The second kappa shape index (κ2) is 6.00. The number of hydrazine groups is 1. The Morgan fingerprint density at radius 3 is 2.00 bits per heavy atom. The molecule has 100 valence electrons. The highest BCUT2D eigenvalue weighted by atomic mass is 15.2. The van der Waals surface area contributed by atoms with Crippen molar-refractivity contribution in [3.05, 3.63) is 70.3 Å². The number of hydrogen-bond acceptors (Lipinski definition) is 2. The molecule has 19 heavy (non-hydrogen) atoms. The Morgan fingerprint density at radius 2 is 1.47 bits per heavy atom. The largest absolute Gasteiger partial charge is 0.271 e. The molecule has 0 heterocycles. The van der Waals surface area contributed by atoms with Crippen LogP contribution >= 0.6 is 0 Å². The van der Waals surface area contributed by atoms with Gasteiger partial charge in [-0.2, -0.15) is 0 Å². The van der Waals surface area contributed by atoms with E-state index in [0.717, 1.165) is 6.42 Å². The van der Waals surface area contributed by atoms with Crippen molar-refractivity contribution in [3.63, 3.8) is 0 Å². The number of nitrogens with two attached hydrogens (primary N) is 1. The molecule has 0 aliphatic rings. The van der Waals surface area contributed by atoms with Gasteiger partial charge in [-0.3, -0.25) is 11.3 Å². The molecule has 0 aliphatic heterocycles. The Balaban J connectivity index is 2.22. The van der Waals surface area contributed by atoms with Crippen LogP contribution in [0.15, 0.2) is 42.5 Å². The van der Waals surface area contributed by atoms with E-state index in [0.29, 0.717) is 0 Å². The molecule has 0 bridgehead atoms. The summed E-state index contributed by atoms with van der Waals surface area (Å²) in [7, 11) is 0. The maximum absolute atomic E-state index is 5.73. The zero-order valence-electron chi connectivity index (χ0n) is 11.9. The maximum atomic E-state index is 5.73. The second-order valence-corrected chi connectivity index (χ2v) is 5.33. The fourth-order valence-corrected chi connectivity index (χ4v) is 2.44. The van der Waals surface area contributed by atoms with Gasteiger partial charge in [0.15, 0.2) is 0 Å². The van der Waals surface area contributed by atoms with Crippen molar-refractivity contribution in [2.45, 2.75) is 33.2 Å². The summed E-state index contributed by atoms with van der Waals surface area (Å²) >= 11 is 0. The standard InChI is InChI=1S/C17H22N2/c1-12-4-6-15(7-5-12)11-17(19-18)16-9-13(2)8-14(3)10-16/h4-10,17,19H,11,18H2,1-3H3. The Bertz CT molecular complexity index is 523. The summed E-state index contributed by atoms with van der Waals surface area (Å²) in [5, 5.41) is 0. The van der Waals surface area contributed by atoms with Crippen molar-refractivity contribution in [1.82, 2.24) is 5.43 Å². The van der Waals surface area contributed by atoms with Gasteiger partial charge in [-0.05, 0) is 38.3 Å². The smallest absolute Gasteiger partial charge is 0.0500 e. The zero-order chi connectivity index (χ0) is 13.8. The van der Waals surface area contributed by atoms with E-state index in [1.165, 1.54) is 27.8 Å². The zero-order valence-corrected chi connectivity index (χ0v) is 11.9. The molecular formula is C17H22N2. The molecule has 0 aromatic heterocycles. The summed E-state index contributed by atoms with van der Waals surface area (Å²) in [6.07, 6.45) is 0.902. The highest BCUT2D eigenvalue weighted by molar-refractivity contribution is 5.32. The normalized spacial score (nSPS) is 12.4. The summed E-state index contributed by atoms with van der Waals surface area (Å²) in [5.74, 6) is 5.73. The first-order valence-corrected chi connectivity index (χ1v) is 6.68. The average Bonchev–Trinajstić information content (AvgIpc) is 2.37. The molecule has 2 nitrogen and oxygen atoms in total. The van der Waals surface area contributed by atoms with Gasteiger partial charge < -0.3 is 0 Å². The number of benzene rings is 2. The molecule has 0 spiro atoms. The van der Waals surface area contributed by atoms with E-state index in [4.69, 9.17) is 5.84 Å². The van der Waals surface area contributed by atoms with Crippen LogP contribution in [0.1, 0.15) is 33.9 Å². The Labute approximate surface area is 115 Å². The fraction of sp³-hybridized carbons (Fsp3) is 0.294. The van der Waals surface area contributed by atoms with Crippen molar-refractivity contribution in [1.29, 1.82) is 0 Å². The number of aryl methyl sites for hydroxylation is 3. The van der Waals surface area contributed by atoms with Gasteiger partial charge in [0.05, 0.1) is 0 Å². The minimum absolute atomic E-state index is 0.154. The van der Waals surface area contributed by atoms with Crippen LogP contribution in [0.3, 0.4) is 0 Å². The molecule has 2 rings (SSSR count). The third-order valence-corrected chi connectivity index (χ3v) is 3.41. The molecule has 1 atom stereocenters. The summed E-state index contributed by atoms with van der Waals surface area (Å²) in [5.41, 5.74) is 9.32. The van der Waals surface area contributed by atoms with Gasteiger partial charge >= 0.3 is 0 Å². The van der Waals surface area contributed by atoms with E-state index in [9.17, 15) is 0 Å². The van der Waals surface area contributed by atoms with Crippen LogP contribution in [0.2, 0.25) is 0 Å². The SMILES string of the molecule is Cc1ccc(CC(NN)c2cc(C)cc(C)c2)cc1. The molecule has 0 radical (unpaired) electrons. The number of rotatable bonds is 4. The number of nitrogens with one attached hydrogen (secondary N) is 1. The van der Waals surface area contributed by atoms with Crippen molar-refractivity contribution in [2.75, 3.05) is 0 Å². The molecule has 3 N–H and O–H groups in total. The lowest BCUT2D eigenvalue weighted by atomic mass is 9.96. The van der Waals surface area contributed by atoms with Crippen LogP contribution in [0.5, 0.6) is 0 Å². The Kier molecular flexibility index (Phi) is 4.35. The highest BCUT2D eigenvalue weighted by Crippen LogP contribution is 2.20. The van der Waals surface area contributed by atoms with E-state index in [-0.39, 0.29) is 6.04 Å². The summed E-state index contributed by atoms with van der Waals surface area (Å²) < 4.78 is 0. The van der Waals surface area contributed by atoms with Crippen LogP contribution < -0.4 is 11.3 Å². The molecule has 2 aromatic rings. The third-order valence-electron chi connectivity index (χ3n) is 3.41. The molecular weight excluding hydrogens is 232 g/mol. The van der Waals surface area contributed by atoms with E-state index in [1.807, 2.05) is 0 Å². The van der Waals surface area contributed by atoms with Gasteiger partial charge in [-0.15, -0.1) is 0 Å². The van der Waals surface area contributed by atoms with E-state index < -0.39 is 0 Å². The van der Waals surface area contributed by atoms with Crippen LogP contribution in [0, 0.1) is 20.8 Å². The summed E-state index contributed by atoms with van der Waals surface area (Å²) in [6.45, 7) is 6.35. The first kappa shape index (κ1) is 13.8. The van der Waals surface area contributed by atoms with E-state index >= 15 is 0 Å². The lowest BCUT2D eigenvalue weighted by molar-refractivity contribution is 0.551. The first-order chi connectivity index (χ1) is 9.08. The van der Waals surface area contributed by atoms with Crippen molar-refractivity contribution in [3.8, 4) is 0 Å². The highest BCUT2D eigenvalue weighted by Gasteiger charge is 2.11.